The maximum absolute atomic E-state index is 15.3. The summed E-state index contributed by atoms with van der Waals surface area (Å²) in [5.74, 6) is -2.32. The van der Waals surface area contributed by atoms with Crippen LogP contribution in [-0.4, -0.2) is 84.3 Å². The number of carbonyl (C=O) groups is 4. The van der Waals surface area contributed by atoms with Gasteiger partial charge < -0.3 is 10.2 Å². The zero-order valence-corrected chi connectivity index (χ0v) is 20.2. The lowest BCUT2D eigenvalue weighted by Crippen LogP contribution is -2.58. The standard InChI is InChI=1S/C25H32FN5O4/c1-14-11-29(12-15(2)30(14)13-16-5-7-27-8-6-16)21-10-18-17(9-19(21)26)24(34)31(25(18)35)20-3-4-22(32)28-23(20)33/h9-10,14-16,20,27H,3-8,11-13H2,1-2H3,(H,28,32,33). The number of amides is 4. The molecule has 0 aromatic heterocycles. The Kier molecular flexibility index (Phi) is 6.35. The van der Waals surface area contributed by atoms with Gasteiger partial charge in [0.1, 0.15) is 11.9 Å². The number of fused-ring (bicyclic) bond motifs is 1. The first-order chi connectivity index (χ1) is 16.7. The molecule has 5 rings (SSSR count). The summed E-state index contributed by atoms with van der Waals surface area (Å²) < 4.78 is 15.3. The first kappa shape index (κ1) is 23.9. The van der Waals surface area contributed by atoms with Gasteiger partial charge in [-0.2, -0.15) is 0 Å². The van der Waals surface area contributed by atoms with Gasteiger partial charge in [0, 0.05) is 38.1 Å². The predicted molar refractivity (Wildman–Crippen MR) is 127 cm³/mol. The Morgan fingerprint density at radius 1 is 0.943 bits per heavy atom. The van der Waals surface area contributed by atoms with E-state index in [0.29, 0.717) is 24.7 Å². The van der Waals surface area contributed by atoms with E-state index in [1.807, 2.05) is 4.90 Å². The minimum absolute atomic E-state index is 0.0356. The lowest BCUT2D eigenvalue weighted by atomic mass is 9.95. The summed E-state index contributed by atoms with van der Waals surface area (Å²) in [7, 11) is 0. The van der Waals surface area contributed by atoms with Crippen LogP contribution in [0, 0.1) is 11.7 Å². The Morgan fingerprint density at radius 2 is 1.57 bits per heavy atom. The van der Waals surface area contributed by atoms with Gasteiger partial charge in [0.2, 0.25) is 11.8 Å². The third-order valence-electron chi connectivity index (χ3n) is 7.88. The molecule has 4 aliphatic heterocycles. The van der Waals surface area contributed by atoms with Crippen LogP contribution in [0.2, 0.25) is 0 Å². The van der Waals surface area contributed by atoms with Crippen molar-refractivity contribution in [3.8, 4) is 0 Å². The van der Waals surface area contributed by atoms with E-state index in [4.69, 9.17) is 0 Å². The maximum atomic E-state index is 15.3. The Labute approximate surface area is 204 Å². The Morgan fingerprint density at radius 3 is 2.20 bits per heavy atom. The zero-order valence-electron chi connectivity index (χ0n) is 20.2. The van der Waals surface area contributed by atoms with Crippen molar-refractivity contribution in [2.45, 2.75) is 57.7 Å². The lowest BCUT2D eigenvalue weighted by Gasteiger charge is -2.47. The van der Waals surface area contributed by atoms with E-state index in [-0.39, 0.29) is 36.1 Å². The molecular weight excluding hydrogens is 453 g/mol. The van der Waals surface area contributed by atoms with Gasteiger partial charge in [-0.1, -0.05) is 0 Å². The number of hydrogen-bond acceptors (Lipinski definition) is 7. The molecule has 35 heavy (non-hydrogen) atoms. The molecule has 0 aliphatic carbocycles. The van der Waals surface area contributed by atoms with E-state index in [1.54, 1.807) is 0 Å². The molecule has 1 aromatic rings. The van der Waals surface area contributed by atoms with Crippen molar-refractivity contribution in [1.29, 1.82) is 0 Å². The van der Waals surface area contributed by atoms with Crippen LogP contribution in [0.1, 0.15) is 60.2 Å². The number of benzene rings is 1. The lowest BCUT2D eigenvalue weighted by molar-refractivity contribution is -0.136. The summed E-state index contributed by atoms with van der Waals surface area (Å²) in [4.78, 5) is 55.2. The first-order valence-electron chi connectivity index (χ1n) is 12.5. The molecule has 2 N–H and O–H groups in total. The number of imide groups is 2. The third kappa shape index (κ3) is 4.33. The minimum atomic E-state index is -1.06. The van der Waals surface area contributed by atoms with Gasteiger partial charge in [-0.3, -0.25) is 34.3 Å². The fourth-order valence-electron chi connectivity index (χ4n) is 6.00. The topological polar surface area (TPSA) is 102 Å². The number of piperazine rings is 1. The largest absolute Gasteiger partial charge is 0.366 e. The average Bonchev–Trinajstić information content (AvgIpc) is 3.05. The number of rotatable bonds is 4. The van der Waals surface area contributed by atoms with E-state index < -0.39 is 35.5 Å². The van der Waals surface area contributed by atoms with Crippen molar-refractivity contribution in [3.05, 3.63) is 29.1 Å². The second kappa shape index (κ2) is 9.31. The monoisotopic (exact) mass is 485 g/mol. The van der Waals surface area contributed by atoms with Crippen molar-refractivity contribution in [1.82, 2.24) is 20.4 Å². The summed E-state index contributed by atoms with van der Waals surface area (Å²) in [5, 5.41) is 5.58. The molecule has 3 atom stereocenters. The quantitative estimate of drug-likeness (QED) is 0.617. The van der Waals surface area contributed by atoms with Gasteiger partial charge in [0.25, 0.3) is 11.8 Å². The van der Waals surface area contributed by atoms with Crippen molar-refractivity contribution in [2.75, 3.05) is 37.6 Å². The van der Waals surface area contributed by atoms with Gasteiger partial charge in [0.15, 0.2) is 0 Å². The summed E-state index contributed by atoms with van der Waals surface area (Å²) >= 11 is 0. The number of nitrogens with zero attached hydrogens (tertiary/aromatic N) is 3. The third-order valence-corrected chi connectivity index (χ3v) is 7.88. The van der Waals surface area contributed by atoms with Gasteiger partial charge >= 0.3 is 0 Å². The highest BCUT2D eigenvalue weighted by molar-refractivity contribution is 6.23. The van der Waals surface area contributed by atoms with Crippen LogP contribution in [0.15, 0.2) is 12.1 Å². The minimum Gasteiger partial charge on any atom is -0.366 e. The summed E-state index contributed by atoms with van der Waals surface area (Å²) in [6.07, 6.45) is 2.44. The van der Waals surface area contributed by atoms with E-state index in [9.17, 15) is 19.2 Å². The fraction of sp³-hybridized carbons (Fsp3) is 0.600. The molecule has 1 aromatic carbocycles. The molecule has 10 heteroatoms. The molecule has 3 unspecified atom stereocenters. The molecule has 3 saturated heterocycles. The van der Waals surface area contributed by atoms with Gasteiger partial charge in [0.05, 0.1) is 16.8 Å². The molecule has 9 nitrogen and oxygen atoms in total. The summed E-state index contributed by atoms with van der Waals surface area (Å²) in [5.41, 5.74) is 0.371. The number of hydrogen-bond donors (Lipinski definition) is 2. The van der Waals surface area contributed by atoms with Crippen molar-refractivity contribution in [3.63, 3.8) is 0 Å². The highest BCUT2D eigenvalue weighted by Crippen LogP contribution is 2.34. The van der Waals surface area contributed by atoms with Crippen LogP contribution in [0.3, 0.4) is 0 Å². The SMILES string of the molecule is CC1CN(c2cc3c(cc2F)C(=O)N(C2CCC(=O)NC2=O)C3=O)CC(C)N1CC1CCNCC1. The number of anilines is 1. The second-order valence-corrected chi connectivity index (χ2v) is 10.3. The number of halogens is 1. The summed E-state index contributed by atoms with van der Waals surface area (Å²) in [6, 6.07) is 1.93. The van der Waals surface area contributed by atoms with E-state index in [1.165, 1.54) is 18.9 Å². The Balaban J connectivity index is 1.35. The molecule has 188 valence electrons. The first-order valence-corrected chi connectivity index (χ1v) is 12.5. The van der Waals surface area contributed by atoms with Crippen LogP contribution in [-0.2, 0) is 9.59 Å². The molecule has 0 radical (unpaired) electrons. The molecule has 3 fully saturated rings. The molecule has 4 aliphatic rings. The molecule has 0 spiro atoms. The van der Waals surface area contributed by atoms with Crippen LogP contribution < -0.4 is 15.5 Å². The Bertz CT molecular complexity index is 1060. The van der Waals surface area contributed by atoms with Crippen molar-refractivity contribution >= 4 is 29.3 Å². The molecule has 4 amide bonds. The summed E-state index contributed by atoms with van der Waals surface area (Å²) in [6.45, 7) is 8.65. The van der Waals surface area contributed by atoms with Crippen LogP contribution >= 0.6 is 0 Å². The van der Waals surface area contributed by atoms with Crippen LogP contribution in [0.25, 0.3) is 0 Å². The number of nitrogens with one attached hydrogen (secondary N) is 2. The fourth-order valence-corrected chi connectivity index (χ4v) is 6.00. The highest BCUT2D eigenvalue weighted by Gasteiger charge is 2.45. The molecule has 4 heterocycles. The van der Waals surface area contributed by atoms with Crippen LogP contribution in [0.5, 0.6) is 0 Å². The van der Waals surface area contributed by atoms with Crippen LogP contribution in [0.4, 0.5) is 10.1 Å². The van der Waals surface area contributed by atoms with Gasteiger partial charge in [-0.05, 0) is 64.3 Å². The normalized spacial score (nSPS) is 28.5. The average molecular weight is 486 g/mol. The molecule has 0 saturated carbocycles. The highest BCUT2D eigenvalue weighted by atomic mass is 19.1. The van der Waals surface area contributed by atoms with E-state index in [2.05, 4.69) is 29.4 Å². The van der Waals surface area contributed by atoms with Crippen molar-refractivity contribution < 1.29 is 23.6 Å². The predicted octanol–water partition coefficient (Wildman–Crippen LogP) is 1.13. The smallest absolute Gasteiger partial charge is 0.262 e. The number of piperidine rings is 2. The van der Waals surface area contributed by atoms with Crippen molar-refractivity contribution in [2.24, 2.45) is 5.92 Å². The van der Waals surface area contributed by atoms with E-state index in [0.717, 1.165) is 30.6 Å². The van der Waals surface area contributed by atoms with E-state index >= 15 is 4.39 Å². The molecular formula is C25H32FN5O4. The van der Waals surface area contributed by atoms with Gasteiger partial charge in [-0.15, -0.1) is 0 Å². The maximum Gasteiger partial charge on any atom is 0.262 e. The second-order valence-electron chi connectivity index (χ2n) is 10.3. The van der Waals surface area contributed by atoms with Gasteiger partial charge in [-0.25, -0.2) is 4.39 Å². The molecule has 0 bridgehead atoms. The number of carbonyl (C=O) groups excluding carboxylic acids is 4. The zero-order chi connectivity index (χ0) is 24.9. The Hall–Kier alpha value is -2.85.